The van der Waals surface area contributed by atoms with E-state index in [1.54, 1.807) is 4.90 Å². The molecule has 0 radical (unpaired) electrons. The van der Waals surface area contributed by atoms with E-state index in [0.717, 1.165) is 12.1 Å². The highest BCUT2D eigenvalue weighted by Crippen LogP contribution is 2.21. The largest absolute Gasteiger partial charge is 0.507 e. The molecule has 2 N–H and O–H groups in total. The molecule has 0 aliphatic carbocycles. The summed E-state index contributed by atoms with van der Waals surface area (Å²) < 4.78 is 13.1. The van der Waals surface area contributed by atoms with E-state index in [1.165, 1.54) is 6.07 Å². The number of phenolic OH excluding ortho intramolecular Hbond substituents is 1. The van der Waals surface area contributed by atoms with Gasteiger partial charge in [-0.15, -0.1) is 0 Å². The molecule has 17 heavy (non-hydrogen) atoms. The van der Waals surface area contributed by atoms with Crippen LogP contribution in [0.5, 0.6) is 5.75 Å². The van der Waals surface area contributed by atoms with Gasteiger partial charge in [-0.25, -0.2) is 4.39 Å². The summed E-state index contributed by atoms with van der Waals surface area (Å²) in [6.45, 7) is 3.91. The van der Waals surface area contributed by atoms with E-state index in [2.05, 4.69) is 5.32 Å². The summed E-state index contributed by atoms with van der Waals surface area (Å²) in [5.74, 6) is -1.02. The SMILES string of the molecule is CC1CNCCN1C(=O)c1cc(F)ccc1O. The van der Waals surface area contributed by atoms with Gasteiger partial charge in [-0.1, -0.05) is 0 Å². The number of nitrogens with one attached hydrogen (secondary N) is 1. The lowest BCUT2D eigenvalue weighted by Crippen LogP contribution is -2.52. The van der Waals surface area contributed by atoms with E-state index in [0.29, 0.717) is 19.6 Å². The topological polar surface area (TPSA) is 52.6 Å². The quantitative estimate of drug-likeness (QED) is 0.766. The van der Waals surface area contributed by atoms with Crippen molar-refractivity contribution in [2.24, 2.45) is 0 Å². The Hall–Kier alpha value is -1.62. The third kappa shape index (κ3) is 2.39. The molecular formula is C12H15FN2O2. The molecule has 1 atom stereocenters. The molecule has 1 aromatic rings. The Kier molecular flexibility index (Phi) is 3.28. The number of rotatable bonds is 1. The third-order valence-electron chi connectivity index (χ3n) is 2.95. The van der Waals surface area contributed by atoms with Crippen molar-refractivity contribution < 1.29 is 14.3 Å². The first-order chi connectivity index (χ1) is 8.09. The monoisotopic (exact) mass is 238 g/mol. The van der Waals surface area contributed by atoms with E-state index in [1.807, 2.05) is 6.92 Å². The molecule has 0 aromatic heterocycles. The fourth-order valence-electron chi connectivity index (χ4n) is 1.98. The van der Waals surface area contributed by atoms with Gasteiger partial charge in [-0.05, 0) is 25.1 Å². The van der Waals surface area contributed by atoms with E-state index < -0.39 is 5.82 Å². The van der Waals surface area contributed by atoms with Gasteiger partial charge < -0.3 is 15.3 Å². The van der Waals surface area contributed by atoms with Crippen molar-refractivity contribution in [2.45, 2.75) is 13.0 Å². The van der Waals surface area contributed by atoms with Crippen LogP contribution in [0, 0.1) is 5.82 Å². The maximum absolute atomic E-state index is 13.1. The number of carbonyl (C=O) groups is 1. The Bertz CT molecular complexity index is 437. The summed E-state index contributed by atoms with van der Waals surface area (Å²) in [4.78, 5) is 13.8. The molecule has 1 unspecified atom stereocenters. The van der Waals surface area contributed by atoms with Crippen LogP contribution in [0.2, 0.25) is 0 Å². The van der Waals surface area contributed by atoms with Crippen LogP contribution in [0.15, 0.2) is 18.2 Å². The van der Waals surface area contributed by atoms with E-state index in [9.17, 15) is 14.3 Å². The lowest BCUT2D eigenvalue weighted by molar-refractivity contribution is 0.0652. The molecule has 0 saturated carbocycles. The van der Waals surface area contributed by atoms with Crippen molar-refractivity contribution >= 4 is 5.91 Å². The molecule has 5 heteroatoms. The molecule has 1 saturated heterocycles. The first-order valence-corrected chi connectivity index (χ1v) is 5.60. The summed E-state index contributed by atoms with van der Waals surface area (Å²) in [5.41, 5.74) is 0.0266. The number of benzene rings is 1. The molecule has 2 rings (SSSR count). The second kappa shape index (κ2) is 4.71. The predicted molar refractivity (Wildman–Crippen MR) is 61.4 cm³/mol. The van der Waals surface area contributed by atoms with E-state index >= 15 is 0 Å². The van der Waals surface area contributed by atoms with Crippen LogP contribution in [0.1, 0.15) is 17.3 Å². The Morgan fingerprint density at radius 3 is 3.06 bits per heavy atom. The van der Waals surface area contributed by atoms with Gasteiger partial charge in [0.15, 0.2) is 0 Å². The van der Waals surface area contributed by atoms with Gasteiger partial charge >= 0.3 is 0 Å². The normalized spacial score (nSPS) is 20.4. The van der Waals surface area contributed by atoms with Crippen molar-refractivity contribution in [2.75, 3.05) is 19.6 Å². The lowest BCUT2D eigenvalue weighted by Gasteiger charge is -2.34. The minimum atomic E-state index is -0.520. The minimum absolute atomic E-state index is 0.0266. The number of halogens is 1. The molecule has 1 heterocycles. The van der Waals surface area contributed by atoms with Gasteiger partial charge in [0.1, 0.15) is 11.6 Å². The van der Waals surface area contributed by atoms with Crippen LogP contribution in [-0.4, -0.2) is 41.6 Å². The van der Waals surface area contributed by atoms with Crippen molar-refractivity contribution in [3.8, 4) is 5.75 Å². The summed E-state index contributed by atoms with van der Waals surface area (Å²) in [5, 5.41) is 12.8. The molecule has 4 nitrogen and oxygen atoms in total. The molecule has 0 spiro atoms. The second-order valence-corrected chi connectivity index (χ2v) is 4.21. The summed E-state index contributed by atoms with van der Waals surface area (Å²) in [6, 6.07) is 3.45. The standard InChI is InChI=1S/C12H15FN2O2/c1-8-7-14-4-5-15(8)12(17)10-6-9(13)2-3-11(10)16/h2-3,6,8,14,16H,4-5,7H2,1H3. The molecule has 0 bridgehead atoms. The molecule has 1 aliphatic heterocycles. The van der Waals surface area contributed by atoms with Crippen LogP contribution < -0.4 is 5.32 Å². The summed E-state index contributed by atoms with van der Waals surface area (Å²) in [6.07, 6.45) is 0. The zero-order chi connectivity index (χ0) is 12.4. The van der Waals surface area contributed by atoms with Crippen molar-refractivity contribution in [3.05, 3.63) is 29.6 Å². The smallest absolute Gasteiger partial charge is 0.258 e. The first kappa shape index (κ1) is 11.9. The Morgan fingerprint density at radius 2 is 2.35 bits per heavy atom. The predicted octanol–water partition coefficient (Wildman–Crippen LogP) is 0.965. The highest BCUT2D eigenvalue weighted by atomic mass is 19.1. The zero-order valence-electron chi connectivity index (χ0n) is 9.61. The summed E-state index contributed by atoms with van der Waals surface area (Å²) in [7, 11) is 0. The van der Waals surface area contributed by atoms with Gasteiger partial charge in [0.25, 0.3) is 5.91 Å². The minimum Gasteiger partial charge on any atom is -0.507 e. The molecule has 1 amide bonds. The molecule has 1 fully saturated rings. The van der Waals surface area contributed by atoms with Crippen LogP contribution in [0.4, 0.5) is 4.39 Å². The van der Waals surface area contributed by atoms with Gasteiger partial charge in [0, 0.05) is 25.7 Å². The molecule has 1 aliphatic rings. The number of nitrogens with zero attached hydrogens (tertiary/aromatic N) is 1. The molecule has 92 valence electrons. The summed E-state index contributed by atoms with van der Waals surface area (Å²) >= 11 is 0. The van der Waals surface area contributed by atoms with Gasteiger partial charge in [0.05, 0.1) is 5.56 Å². The lowest BCUT2D eigenvalue weighted by atomic mass is 10.1. The average molecular weight is 238 g/mol. The van der Waals surface area contributed by atoms with Crippen LogP contribution in [0.25, 0.3) is 0 Å². The molecular weight excluding hydrogens is 223 g/mol. The number of piperazine rings is 1. The van der Waals surface area contributed by atoms with Gasteiger partial charge in [-0.2, -0.15) is 0 Å². The van der Waals surface area contributed by atoms with Gasteiger partial charge in [-0.3, -0.25) is 4.79 Å². The van der Waals surface area contributed by atoms with Crippen molar-refractivity contribution in [3.63, 3.8) is 0 Å². The maximum Gasteiger partial charge on any atom is 0.258 e. The van der Waals surface area contributed by atoms with E-state index in [-0.39, 0.29) is 23.3 Å². The maximum atomic E-state index is 13.1. The van der Waals surface area contributed by atoms with Crippen LogP contribution >= 0.6 is 0 Å². The van der Waals surface area contributed by atoms with E-state index in [4.69, 9.17) is 0 Å². The van der Waals surface area contributed by atoms with Crippen molar-refractivity contribution in [1.29, 1.82) is 0 Å². The number of phenols is 1. The third-order valence-corrected chi connectivity index (χ3v) is 2.95. The van der Waals surface area contributed by atoms with Crippen LogP contribution in [-0.2, 0) is 0 Å². The number of hydrogen-bond acceptors (Lipinski definition) is 3. The average Bonchev–Trinajstić information content (AvgIpc) is 2.32. The highest BCUT2D eigenvalue weighted by molar-refractivity contribution is 5.97. The number of carbonyl (C=O) groups excluding carboxylic acids is 1. The Balaban J connectivity index is 2.26. The second-order valence-electron chi connectivity index (χ2n) is 4.21. The Labute approximate surface area is 99.0 Å². The van der Waals surface area contributed by atoms with Crippen molar-refractivity contribution in [1.82, 2.24) is 10.2 Å². The zero-order valence-corrected chi connectivity index (χ0v) is 9.61. The Morgan fingerprint density at radius 1 is 1.59 bits per heavy atom. The number of aromatic hydroxyl groups is 1. The molecule has 1 aromatic carbocycles. The highest BCUT2D eigenvalue weighted by Gasteiger charge is 2.25. The first-order valence-electron chi connectivity index (χ1n) is 5.60. The van der Waals surface area contributed by atoms with Gasteiger partial charge in [0.2, 0.25) is 0 Å². The fraction of sp³-hybridized carbons (Fsp3) is 0.417. The fourth-order valence-corrected chi connectivity index (χ4v) is 1.98. The number of amides is 1. The number of hydrogen-bond donors (Lipinski definition) is 2. The van der Waals surface area contributed by atoms with Crippen LogP contribution in [0.3, 0.4) is 0 Å².